The third-order valence-corrected chi connectivity index (χ3v) is 1.40. The second kappa shape index (κ2) is 2.56. The predicted octanol–water partition coefficient (Wildman–Crippen LogP) is -0.689. The van der Waals surface area contributed by atoms with Gasteiger partial charge in [-0.25, -0.2) is 4.79 Å². The number of rotatable bonds is 3. The van der Waals surface area contributed by atoms with Gasteiger partial charge in [-0.2, -0.15) is 0 Å². The van der Waals surface area contributed by atoms with E-state index in [9.17, 15) is 4.79 Å². The van der Waals surface area contributed by atoms with Gasteiger partial charge in [-0.05, 0) is 6.92 Å². The summed E-state index contributed by atoms with van der Waals surface area (Å²) in [4.78, 5) is 10.9. The first-order valence-corrected chi connectivity index (χ1v) is 3.17. The maximum Gasteiger partial charge on any atom is 0.343 e. The molecule has 10 heavy (non-hydrogen) atoms. The van der Waals surface area contributed by atoms with E-state index >= 15 is 0 Å². The van der Waals surface area contributed by atoms with Crippen molar-refractivity contribution in [2.45, 2.75) is 12.5 Å². The molecule has 0 spiro atoms. The monoisotopic (exact) mass is 146 g/mol. The highest BCUT2D eigenvalue weighted by atomic mass is 16.6. The number of hydrogen-bond donors (Lipinski definition) is 1. The molecule has 0 aliphatic carbocycles. The lowest BCUT2D eigenvalue weighted by molar-refractivity contribution is -0.151. The van der Waals surface area contributed by atoms with Gasteiger partial charge < -0.3 is 14.6 Å². The molecular formula is C6H10O4. The molecule has 0 saturated carbocycles. The van der Waals surface area contributed by atoms with E-state index in [2.05, 4.69) is 4.74 Å². The summed E-state index contributed by atoms with van der Waals surface area (Å²) in [5.74, 6) is -0.461. The largest absolute Gasteiger partial charge is 0.464 e. The molecule has 1 saturated heterocycles. The van der Waals surface area contributed by atoms with Crippen LogP contribution in [0.15, 0.2) is 0 Å². The van der Waals surface area contributed by atoms with Crippen molar-refractivity contribution in [1.82, 2.24) is 0 Å². The van der Waals surface area contributed by atoms with Crippen LogP contribution in [-0.4, -0.2) is 36.5 Å². The molecule has 1 unspecified atom stereocenters. The van der Waals surface area contributed by atoms with E-state index in [1.165, 1.54) is 0 Å². The Hall–Kier alpha value is -0.610. The quantitative estimate of drug-likeness (QED) is 0.423. The molecule has 0 radical (unpaired) electrons. The van der Waals surface area contributed by atoms with Crippen LogP contribution in [-0.2, 0) is 14.3 Å². The summed E-state index contributed by atoms with van der Waals surface area (Å²) in [5, 5.41) is 8.63. The fraction of sp³-hybridized carbons (Fsp3) is 0.833. The van der Waals surface area contributed by atoms with Crippen molar-refractivity contribution >= 4 is 5.97 Å². The highest BCUT2D eigenvalue weighted by Crippen LogP contribution is 2.27. The minimum Gasteiger partial charge on any atom is -0.464 e. The molecule has 0 aromatic rings. The Morgan fingerprint density at radius 3 is 2.80 bits per heavy atom. The van der Waals surface area contributed by atoms with Crippen molar-refractivity contribution in [3.8, 4) is 0 Å². The number of carbonyl (C=O) groups is 1. The van der Waals surface area contributed by atoms with E-state index in [0.29, 0.717) is 6.61 Å². The number of ether oxygens (including phenoxy) is 2. The molecule has 1 fully saturated rings. The number of carbonyl (C=O) groups excluding carboxylic acids is 1. The molecule has 0 amide bonds. The lowest BCUT2D eigenvalue weighted by Crippen LogP contribution is -2.30. The maximum atomic E-state index is 10.9. The first kappa shape index (κ1) is 7.50. The normalized spacial score (nSPS) is 29.8. The van der Waals surface area contributed by atoms with Gasteiger partial charge in [-0.3, -0.25) is 0 Å². The average molecular weight is 146 g/mol. The summed E-state index contributed by atoms with van der Waals surface area (Å²) in [7, 11) is 0. The van der Waals surface area contributed by atoms with Gasteiger partial charge >= 0.3 is 5.97 Å². The molecule has 58 valence electrons. The van der Waals surface area contributed by atoms with Gasteiger partial charge in [-0.15, -0.1) is 0 Å². The second-order valence-corrected chi connectivity index (χ2v) is 2.16. The van der Waals surface area contributed by atoms with E-state index in [4.69, 9.17) is 9.84 Å². The molecule has 0 bridgehead atoms. The highest BCUT2D eigenvalue weighted by Gasteiger charge is 2.53. The molecule has 1 atom stereocenters. The summed E-state index contributed by atoms with van der Waals surface area (Å²) in [6, 6.07) is 0. The molecule has 0 aromatic heterocycles. The van der Waals surface area contributed by atoms with Crippen LogP contribution in [0, 0.1) is 0 Å². The van der Waals surface area contributed by atoms with Gasteiger partial charge in [0.15, 0.2) is 0 Å². The first-order valence-electron chi connectivity index (χ1n) is 3.17. The molecular weight excluding hydrogens is 136 g/mol. The Morgan fingerprint density at radius 2 is 2.50 bits per heavy atom. The van der Waals surface area contributed by atoms with Crippen molar-refractivity contribution < 1.29 is 19.4 Å². The van der Waals surface area contributed by atoms with Gasteiger partial charge in [0.2, 0.25) is 5.60 Å². The fourth-order valence-corrected chi connectivity index (χ4v) is 0.623. The zero-order chi connectivity index (χ0) is 7.61. The topological polar surface area (TPSA) is 59.1 Å². The molecule has 1 rings (SSSR count). The molecule has 1 aliphatic rings. The van der Waals surface area contributed by atoms with Crippen LogP contribution in [0.3, 0.4) is 0 Å². The zero-order valence-electron chi connectivity index (χ0n) is 5.79. The van der Waals surface area contributed by atoms with Crippen molar-refractivity contribution in [2.75, 3.05) is 19.8 Å². The minimum absolute atomic E-state index is 0.280. The molecule has 1 N–H and O–H groups in total. The Labute approximate surface area is 58.7 Å². The standard InChI is InChI=1S/C6H10O4/c1-2-9-5(8)6(3-7)4-10-6/h7H,2-4H2,1H3. The van der Waals surface area contributed by atoms with Gasteiger partial charge in [0.05, 0.1) is 19.8 Å². The molecule has 4 nitrogen and oxygen atoms in total. The average Bonchev–Trinajstić information content (AvgIpc) is 2.68. The smallest absolute Gasteiger partial charge is 0.343 e. The van der Waals surface area contributed by atoms with E-state index in [0.717, 1.165) is 0 Å². The van der Waals surface area contributed by atoms with E-state index < -0.39 is 11.6 Å². The van der Waals surface area contributed by atoms with E-state index in [1.807, 2.05) is 0 Å². The first-order chi connectivity index (χ1) is 4.75. The van der Waals surface area contributed by atoms with Crippen molar-refractivity contribution in [2.24, 2.45) is 0 Å². The van der Waals surface area contributed by atoms with Crippen LogP contribution < -0.4 is 0 Å². The minimum atomic E-state index is -1.00. The highest BCUT2D eigenvalue weighted by molar-refractivity contribution is 5.82. The van der Waals surface area contributed by atoms with Crippen molar-refractivity contribution in [3.05, 3.63) is 0 Å². The van der Waals surface area contributed by atoms with Gasteiger partial charge in [0.1, 0.15) is 0 Å². The van der Waals surface area contributed by atoms with Crippen LogP contribution in [0.5, 0.6) is 0 Å². The summed E-state index contributed by atoms with van der Waals surface area (Å²) in [6.45, 7) is 2.03. The fourth-order valence-electron chi connectivity index (χ4n) is 0.623. The maximum absolute atomic E-state index is 10.9. The Balaban J connectivity index is 2.40. The summed E-state index contributed by atoms with van der Waals surface area (Å²) in [6.07, 6.45) is 0. The van der Waals surface area contributed by atoms with Crippen molar-refractivity contribution in [1.29, 1.82) is 0 Å². The number of aliphatic hydroxyl groups is 1. The Morgan fingerprint density at radius 1 is 1.90 bits per heavy atom. The van der Waals surface area contributed by atoms with Crippen LogP contribution in [0.2, 0.25) is 0 Å². The number of epoxide rings is 1. The Kier molecular flexibility index (Phi) is 1.92. The van der Waals surface area contributed by atoms with Crippen LogP contribution in [0.25, 0.3) is 0 Å². The predicted molar refractivity (Wildman–Crippen MR) is 32.4 cm³/mol. The van der Waals surface area contributed by atoms with Crippen molar-refractivity contribution in [3.63, 3.8) is 0 Å². The molecule has 0 aromatic carbocycles. The van der Waals surface area contributed by atoms with Crippen LogP contribution in [0.1, 0.15) is 6.92 Å². The van der Waals surface area contributed by atoms with E-state index in [1.54, 1.807) is 6.92 Å². The lowest BCUT2D eigenvalue weighted by Gasteiger charge is -2.05. The second-order valence-electron chi connectivity index (χ2n) is 2.16. The van der Waals surface area contributed by atoms with Gasteiger partial charge in [0.25, 0.3) is 0 Å². The molecule has 1 heterocycles. The lowest BCUT2D eigenvalue weighted by atomic mass is 10.2. The molecule has 4 heteroatoms. The summed E-state index contributed by atoms with van der Waals surface area (Å²) in [5.41, 5.74) is -1.00. The molecule has 1 aliphatic heterocycles. The van der Waals surface area contributed by atoms with Crippen LogP contribution in [0.4, 0.5) is 0 Å². The number of esters is 1. The Bertz CT molecular complexity index is 139. The number of hydrogen-bond acceptors (Lipinski definition) is 4. The number of aliphatic hydroxyl groups excluding tert-OH is 1. The summed E-state index contributed by atoms with van der Waals surface area (Å²) < 4.78 is 9.37. The van der Waals surface area contributed by atoms with Gasteiger partial charge in [-0.1, -0.05) is 0 Å². The zero-order valence-corrected chi connectivity index (χ0v) is 5.79. The summed E-state index contributed by atoms with van der Waals surface area (Å²) >= 11 is 0. The SMILES string of the molecule is CCOC(=O)C1(CO)CO1. The van der Waals surface area contributed by atoms with E-state index in [-0.39, 0.29) is 13.2 Å². The van der Waals surface area contributed by atoms with Gasteiger partial charge in [0, 0.05) is 0 Å². The van der Waals surface area contributed by atoms with Crippen LogP contribution >= 0.6 is 0 Å². The third-order valence-electron chi connectivity index (χ3n) is 1.40. The third kappa shape index (κ3) is 1.12.